The maximum Gasteiger partial charge on any atom is 0.261 e. The summed E-state index contributed by atoms with van der Waals surface area (Å²) < 4.78 is 0. The van der Waals surface area contributed by atoms with Gasteiger partial charge in [-0.1, -0.05) is 12.1 Å². The van der Waals surface area contributed by atoms with Crippen LogP contribution in [0.5, 0.6) is 0 Å². The van der Waals surface area contributed by atoms with Crippen LogP contribution in [0.4, 0.5) is 0 Å². The van der Waals surface area contributed by atoms with Gasteiger partial charge >= 0.3 is 0 Å². The highest BCUT2D eigenvalue weighted by atomic mass is 16.2. The highest BCUT2D eigenvalue weighted by Crippen LogP contribution is 2.22. The second-order valence-electron chi connectivity index (χ2n) is 5.98. The fourth-order valence-electron chi connectivity index (χ4n) is 2.89. The number of imide groups is 1. The Balaban J connectivity index is 1.50. The molecule has 3 amide bonds. The predicted molar refractivity (Wildman–Crippen MR) is 91.8 cm³/mol. The lowest BCUT2D eigenvalue weighted by Crippen LogP contribution is -2.32. The number of carbonyl (C=O) groups is 3. The molecular formula is C19H19N3O3. The van der Waals surface area contributed by atoms with E-state index in [-0.39, 0.29) is 36.7 Å². The zero-order valence-electron chi connectivity index (χ0n) is 13.9. The van der Waals surface area contributed by atoms with E-state index in [2.05, 4.69) is 10.3 Å². The Hall–Kier alpha value is -3.02. The van der Waals surface area contributed by atoms with E-state index >= 15 is 0 Å². The first-order chi connectivity index (χ1) is 12.1. The number of benzene rings is 1. The predicted octanol–water partition coefficient (Wildman–Crippen LogP) is 2.34. The van der Waals surface area contributed by atoms with Gasteiger partial charge in [-0.25, -0.2) is 0 Å². The van der Waals surface area contributed by atoms with Crippen molar-refractivity contribution in [3.63, 3.8) is 0 Å². The zero-order chi connectivity index (χ0) is 17.8. The van der Waals surface area contributed by atoms with E-state index in [1.165, 1.54) is 4.90 Å². The van der Waals surface area contributed by atoms with Crippen LogP contribution in [0.2, 0.25) is 0 Å². The highest BCUT2D eigenvalue weighted by molar-refractivity contribution is 6.21. The Bertz CT molecular complexity index is 770. The number of nitrogens with zero attached hydrogens (tertiary/aromatic N) is 2. The first kappa shape index (κ1) is 16.8. The quantitative estimate of drug-likeness (QED) is 0.821. The van der Waals surface area contributed by atoms with Crippen LogP contribution in [0.25, 0.3) is 0 Å². The van der Waals surface area contributed by atoms with Crippen LogP contribution in [0.3, 0.4) is 0 Å². The summed E-state index contributed by atoms with van der Waals surface area (Å²) in [6.07, 6.45) is 4.05. The molecule has 1 aromatic carbocycles. The average Bonchev–Trinajstić information content (AvgIpc) is 2.87. The second-order valence-corrected chi connectivity index (χ2v) is 5.98. The molecule has 0 spiro atoms. The molecule has 0 saturated carbocycles. The zero-order valence-corrected chi connectivity index (χ0v) is 13.9. The Morgan fingerprint density at radius 1 is 1.08 bits per heavy atom. The number of carbonyl (C=O) groups excluding carboxylic acids is 3. The molecule has 1 aliphatic rings. The van der Waals surface area contributed by atoms with Crippen LogP contribution in [-0.2, 0) is 4.79 Å². The number of aromatic nitrogens is 1. The molecule has 1 aromatic heterocycles. The van der Waals surface area contributed by atoms with Gasteiger partial charge in [0, 0.05) is 25.4 Å². The third kappa shape index (κ3) is 3.57. The summed E-state index contributed by atoms with van der Waals surface area (Å²) in [5.41, 5.74) is 1.84. The number of pyridine rings is 1. The summed E-state index contributed by atoms with van der Waals surface area (Å²) in [5.74, 6) is -0.682. The van der Waals surface area contributed by atoms with Gasteiger partial charge in [0.25, 0.3) is 11.8 Å². The van der Waals surface area contributed by atoms with E-state index in [9.17, 15) is 14.4 Å². The molecular weight excluding hydrogens is 318 g/mol. The standard InChI is InChI=1S/C19H19N3O3/c1-13(14-8-10-20-11-9-14)21-17(23)7-4-12-22-18(24)15-5-2-3-6-16(15)19(22)25/h2-3,5-6,8-11,13H,4,7,12H2,1H3,(H,21,23). The fraction of sp³-hybridized carbons (Fsp3) is 0.263. The Morgan fingerprint density at radius 3 is 2.28 bits per heavy atom. The summed E-state index contributed by atoms with van der Waals surface area (Å²) in [6.45, 7) is 2.14. The first-order valence-corrected chi connectivity index (χ1v) is 8.22. The maximum atomic E-state index is 12.2. The minimum absolute atomic E-state index is 0.110. The molecule has 0 saturated heterocycles. The molecule has 128 valence electrons. The van der Waals surface area contributed by atoms with Gasteiger partial charge < -0.3 is 5.32 Å². The Morgan fingerprint density at radius 2 is 1.68 bits per heavy atom. The largest absolute Gasteiger partial charge is 0.350 e. The topological polar surface area (TPSA) is 79.4 Å². The van der Waals surface area contributed by atoms with Gasteiger partial charge in [0.1, 0.15) is 0 Å². The van der Waals surface area contributed by atoms with E-state index in [1.54, 1.807) is 36.7 Å². The third-order valence-corrected chi connectivity index (χ3v) is 4.25. The SMILES string of the molecule is CC(NC(=O)CCCN1C(=O)c2ccccc2C1=O)c1ccncc1. The number of hydrogen-bond donors (Lipinski definition) is 1. The normalized spacial score (nSPS) is 14.4. The molecule has 1 aliphatic heterocycles. The van der Waals surface area contributed by atoms with Gasteiger partial charge in [-0.3, -0.25) is 24.3 Å². The van der Waals surface area contributed by atoms with Crippen molar-refractivity contribution in [1.82, 2.24) is 15.2 Å². The monoisotopic (exact) mass is 337 g/mol. The van der Waals surface area contributed by atoms with Crippen LogP contribution in [0.1, 0.15) is 52.1 Å². The number of hydrogen-bond acceptors (Lipinski definition) is 4. The van der Waals surface area contributed by atoms with Crippen LogP contribution < -0.4 is 5.32 Å². The highest BCUT2D eigenvalue weighted by Gasteiger charge is 2.34. The average molecular weight is 337 g/mol. The lowest BCUT2D eigenvalue weighted by Gasteiger charge is -2.16. The van der Waals surface area contributed by atoms with E-state index in [1.807, 2.05) is 19.1 Å². The molecule has 0 fully saturated rings. The molecule has 1 unspecified atom stereocenters. The molecule has 0 radical (unpaired) electrons. The number of nitrogens with one attached hydrogen (secondary N) is 1. The van der Waals surface area contributed by atoms with E-state index in [0.29, 0.717) is 17.5 Å². The molecule has 1 N–H and O–H groups in total. The molecule has 3 rings (SSSR count). The summed E-state index contributed by atoms with van der Waals surface area (Å²) in [6, 6.07) is 10.4. The smallest absolute Gasteiger partial charge is 0.261 e. The van der Waals surface area contributed by atoms with Crippen LogP contribution >= 0.6 is 0 Å². The number of fused-ring (bicyclic) bond motifs is 1. The lowest BCUT2D eigenvalue weighted by atomic mass is 10.1. The molecule has 1 atom stereocenters. The maximum absolute atomic E-state index is 12.2. The van der Waals surface area contributed by atoms with Crippen molar-refractivity contribution >= 4 is 17.7 Å². The van der Waals surface area contributed by atoms with Crippen molar-refractivity contribution in [1.29, 1.82) is 0 Å². The summed E-state index contributed by atoms with van der Waals surface area (Å²) in [7, 11) is 0. The van der Waals surface area contributed by atoms with Crippen LogP contribution in [0, 0.1) is 0 Å². The van der Waals surface area contributed by atoms with Crippen LogP contribution in [0.15, 0.2) is 48.8 Å². The fourth-order valence-corrected chi connectivity index (χ4v) is 2.89. The molecule has 0 aliphatic carbocycles. The van der Waals surface area contributed by atoms with Crippen molar-refractivity contribution in [3.05, 3.63) is 65.5 Å². The van der Waals surface area contributed by atoms with Gasteiger partial charge in [-0.15, -0.1) is 0 Å². The van der Waals surface area contributed by atoms with E-state index in [0.717, 1.165) is 5.56 Å². The number of rotatable bonds is 6. The molecule has 6 nitrogen and oxygen atoms in total. The van der Waals surface area contributed by atoms with Gasteiger partial charge in [0.05, 0.1) is 17.2 Å². The molecule has 25 heavy (non-hydrogen) atoms. The lowest BCUT2D eigenvalue weighted by molar-refractivity contribution is -0.121. The summed E-state index contributed by atoms with van der Waals surface area (Å²) >= 11 is 0. The Kier molecular flexibility index (Phi) is 4.88. The van der Waals surface area contributed by atoms with Gasteiger partial charge in [0.15, 0.2) is 0 Å². The molecule has 0 bridgehead atoms. The minimum Gasteiger partial charge on any atom is -0.350 e. The van der Waals surface area contributed by atoms with Crippen molar-refractivity contribution < 1.29 is 14.4 Å². The van der Waals surface area contributed by atoms with Crippen molar-refractivity contribution in [2.45, 2.75) is 25.8 Å². The van der Waals surface area contributed by atoms with Crippen LogP contribution in [-0.4, -0.2) is 34.2 Å². The van der Waals surface area contributed by atoms with E-state index in [4.69, 9.17) is 0 Å². The van der Waals surface area contributed by atoms with Crippen molar-refractivity contribution in [3.8, 4) is 0 Å². The molecule has 2 aromatic rings. The molecule has 2 heterocycles. The summed E-state index contributed by atoms with van der Waals surface area (Å²) in [4.78, 5) is 41.7. The Labute approximate surface area is 145 Å². The second kappa shape index (κ2) is 7.25. The van der Waals surface area contributed by atoms with E-state index < -0.39 is 0 Å². The molecule has 6 heteroatoms. The van der Waals surface area contributed by atoms with Crippen molar-refractivity contribution in [2.75, 3.05) is 6.54 Å². The van der Waals surface area contributed by atoms with Gasteiger partial charge in [-0.2, -0.15) is 0 Å². The first-order valence-electron chi connectivity index (χ1n) is 8.22. The third-order valence-electron chi connectivity index (χ3n) is 4.25. The van der Waals surface area contributed by atoms with Gasteiger partial charge in [-0.05, 0) is 43.2 Å². The number of amides is 3. The van der Waals surface area contributed by atoms with Crippen molar-refractivity contribution in [2.24, 2.45) is 0 Å². The summed E-state index contributed by atoms with van der Waals surface area (Å²) in [5, 5.41) is 2.91. The minimum atomic E-state index is -0.286. The van der Waals surface area contributed by atoms with Gasteiger partial charge in [0.2, 0.25) is 5.91 Å².